The van der Waals surface area contributed by atoms with Gasteiger partial charge in [-0.25, -0.2) is 14.1 Å². The summed E-state index contributed by atoms with van der Waals surface area (Å²) in [7, 11) is 0. The van der Waals surface area contributed by atoms with Gasteiger partial charge in [0.05, 0.1) is 28.7 Å². The quantitative estimate of drug-likeness (QED) is 0.492. The van der Waals surface area contributed by atoms with Crippen LogP contribution in [0.15, 0.2) is 54.9 Å². The van der Waals surface area contributed by atoms with E-state index in [0.717, 1.165) is 48.6 Å². The van der Waals surface area contributed by atoms with Crippen molar-refractivity contribution in [3.8, 4) is 5.69 Å². The summed E-state index contributed by atoms with van der Waals surface area (Å²) in [6, 6.07) is 14.6. The van der Waals surface area contributed by atoms with Crippen LogP contribution < -0.4 is 5.32 Å². The van der Waals surface area contributed by atoms with Crippen LogP contribution in [0.3, 0.4) is 0 Å². The Balaban J connectivity index is 1.34. The number of fused-ring (bicyclic) bond motifs is 1. The number of hydrogen-bond donors (Lipinski definition) is 1. The summed E-state index contributed by atoms with van der Waals surface area (Å²) >= 11 is 0. The second-order valence-electron chi connectivity index (χ2n) is 6.99. The number of nitrogens with one attached hydrogen (secondary N) is 1. The van der Waals surface area contributed by atoms with Gasteiger partial charge in [-0.15, -0.1) is 0 Å². The molecule has 5 nitrogen and oxygen atoms in total. The van der Waals surface area contributed by atoms with E-state index in [1.54, 1.807) is 12.1 Å². The molecule has 0 radical (unpaired) electrons. The van der Waals surface area contributed by atoms with Crippen LogP contribution in [0.1, 0.15) is 23.4 Å². The molecule has 2 heterocycles. The van der Waals surface area contributed by atoms with Crippen LogP contribution in [0.4, 0.5) is 4.39 Å². The summed E-state index contributed by atoms with van der Waals surface area (Å²) in [6.45, 7) is 6.68. The molecule has 0 aliphatic heterocycles. The van der Waals surface area contributed by atoms with Gasteiger partial charge in [-0.05, 0) is 63.2 Å². The molecule has 4 rings (SSSR count). The SMILES string of the molecule is Cc1nn(-c2ccc(F)cc2)c(C)c1CNCCCn1cnc2ccccc21. The molecule has 0 atom stereocenters. The summed E-state index contributed by atoms with van der Waals surface area (Å²) < 4.78 is 17.2. The molecule has 144 valence electrons. The minimum Gasteiger partial charge on any atom is -0.331 e. The van der Waals surface area contributed by atoms with E-state index < -0.39 is 0 Å². The lowest BCUT2D eigenvalue weighted by Crippen LogP contribution is -2.17. The predicted molar refractivity (Wildman–Crippen MR) is 109 cm³/mol. The average Bonchev–Trinajstić information content (AvgIpc) is 3.24. The lowest BCUT2D eigenvalue weighted by Gasteiger charge is -2.08. The van der Waals surface area contributed by atoms with E-state index in [1.807, 2.05) is 36.1 Å². The Morgan fingerprint density at radius 3 is 2.64 bits per heavy atom. The highest BCUT2D eigenvalue weighted by Crippen LogP contribution is 2.18. The molecule has 0 saturated carbocycles. The first-order chi connectivity index (χ1) is 13.6. The van der Waals surface area contributed by atoms with Gasteiger partial charge in [0.15, 0.2) is 0 Å². The number of aromatic nitrogens is 4. The fourth-order valence-corrected chi connectivity index (χ4v) is 3.54. The van der Waals surface area contributed by atoms with Crippen LogP contribution >= 0.6 is 0 Å². The predicted octanol–water partition coefficient (Wildman–Crippen LogP) is 4.16. The average molecular weight is 377 g/mol. The van der Waals surface area contributed by atoms with Crippen molar-refractivity contribution >= 4 is 11.0 Å². The Labute approximate surface area is 163 Å². The van der Waals surface area contributed by atoms with Crippen LogP contribution in [0, 0.1) is 19.7 Å². The maximum Gasteiger partial charge on any atom is 0.123 e. The molecule has 0 amide bonds. The number of benzene rings is 2. The molecule has 0 unspecified atom stereocenters. The van der Waals surface area contributed by atoms with Crippen molar-refractivity contribution in [3.63, 3.8) is 0 Å². The largest absolute Gasteiger partial charge is 0.331 e. The highest BCUT2D eigenvalue weighted by atomic mass is 19.1. The van der Waals surface area contributed by atoms with E-state index in [0.29, 0.717) is 0 Å². The molecular weight excluding hydrogens is 353 g/mol. The molecule has 0 aliphatic rings. The summed E-state index contributed by atoms with van der Waals surface area (Å²) in [6.07, 6.45) is 2.93. The number of rotatable bonds is 7. The van der Waals surface area contributed by atoms with Gasteiger partial charge in [0, 0.05) is 24.3 Å². The number of aryl methyl sites for hydroxylation is 2. The van der Waals surface area contributed by atoms with Crippen LogP contribution in [0.2, 0.25) is 0 Å². The van der Waals surface area contributed by atoms with Crippen LogP contribution in [0.25, 0.3) is 16.7 Å². The molecular formula is C22H24FN5. The Morgan fingerprint density at radius 2 is 1.82 bits per heavy atom. The van der Waals surface area contributed by atoms with E-state index >= 15 is 0 Å². The van der Waals surface area contributed by atoms with Gasteiger partial charge in [0.1, 0.15) is 5.82 Å². The van der Waals surface area contributed by atoms with E-state index in [1.165, 1.54) is 23.2 Å². The number of nitrogens with zero attached hydrogens (tertiary/aromatic N) is 4. The molecule has 0 aliphatic carbocycles. The summed E-state index contributed by atoms with van der Waals surface area (Å²) in [4.78, 5) is 4.43. The number of imidazole rings is 1. The molecule has 1 N–H and O–H groups in total. The molecule has 0 fully saturated rings. The molecule has 28 heavy (non-hydrogen) atoms. The second-order valence-corrected chi connectivity index (χ2v) is 6.99. The van der Waals surface area contributed by atoms with Crippen molar-refractivity contribution in [2.75, 3.05) is 6.54 Å². The van der Waals surface area contributed by atoms with Gasteiger partial charge < -0.3 is 9.88 Å². The van der Waals surface area contributed by atoms with Gasteiger partial charge >= 0.3 is 0 Å². The number of para-hydroxylation sites is 2. The molecule has 0 bridgehead atoms. The molecule has 2 aromatic carbocycles. The summed E-state index contributed by atoms with van der Waals surface area (Å²) in [5.74, 6) is -0.238. The van der Waals surface area contributed by atoms with E-state index in [-0.39, 0.29) is 5.82 Å². The third kappa shape index (κ3) is 3.68. The first-order valence-electron chi connectivity index (χ1n) is 9.55. The Bertz CT molecular complexity index is 1080. The minimum absolute atomic E-state index is 0.238. The normalized spacial score (nSPS) is 11.4. The Kier molecular flexibility index (Phi) is 5.21. The molecule has 6 heteroatoms. The van der Waals surface area contributed by atoms with Crippen LogP contribution in [-0.4, -0.2) is 25.9 Å². The first-order valence-corrected chi connectivity index (χ1v) is 9.55. The minimum atomic E-state index is -0.238. The zero-order valence-corrected chi connectivity index (χ0v) is 16.2. The smallest absolute Gasteiger partial charge is 0.123 e. The van der Waals surface area contributed by atoms with Crippen molar-refractivity contribution in [2.45, 2.75) is 33.4 Å². The summed E-state index contributed by atoms with van der Waals surface area (Å²) in [5.41, 5.74) is 6.36. The zero-order chi connectivity index (χ0) is 19.5. The van der Waals surface area contributed by atoms with Gasteiger partial charge in [-0.2, -0.15) is 5.10 Å². The molecule has 0 spiro atoms. The highest BCUT2D eigenvalue weighted by molar-refractivity contribution is 5.74. The molecule has 4 aromatic rings. The fourth-order valence-electron chi connectivity index (χ4n) is 3.54. The highest BCUT2D eigenvalue weighted by Gasteiger charge is 2.12. The Hall–Kier alpha value is -2.99. The van der Waals surface area contributed by atoms with Gasteiger partial charge in [-0.1, -0.05) is 12.1 Å². The van der Waals surface area contributed by atoms with E-state index in [4.69, 9.17) is 0 Å². The zero-order valence-electron chi connectivity index (χ0n) is 16.2. The summed E-state index contributed by atoms with van der Waals surface area (Å²) in [5, 5.41) is 8.15. The lowest BCUT2D eigenvalue weighted by atomic mass is 10.2. The van der Waals surface area contributed by atoms with Crippen molar-refractivity contribution in [2.24, 2.45) is 0 Å². The third-order valence-corrected chi connectivity index (χ3v) is 5.09. The van der Waals surface area contributed by atoms with E-state index in [9.17, 15) is 4.39 Å². The van der Waals surface area contributed by atoms with Crippen molar-refractivity contribution in [3.05, 3.63) is 77.6 Å². The Morgan fingerprint density at radius 1 is 1.04 bits per heavy atom. The van der Waals surface area contributed by atoms with Crippen LogP contribution in [-0.2, 0) is 13.1 Å². The molecule has 0 saturated heterocycles. The standard InChI is InChI=1S/C22H24FN5/c1-16-20(17(2)28(26-16)19-10-8-18(23)9-11-19)14-24-12-5-13-27-15-25-21-6-3-4-7-22(21)27/h3-4,6-11,15,24H,5,12-14H2,1-2H3. The monoisotopic (exact) mass is 377 g/mol. The second kappa shape index (κ2) is 7.94. The number of halogens is 1. The van der Waals surface area contributed by atoms with E-state index in [2.05, 4.69) is 33.0 Å². The number of hydrogen-bond acceptors (Lipinski definition) is 3. The maximum atomic E-state index is 13.2. The lowest BCUT2D eigenvalue weighted by molar-refractivity contribution is 0.587. The fraction of sp³-hybridized carbons (Fsp3) is 0.273. The van der Waals surface area contributed by atoms with Crippen LogP contribution in [0.5, 0.6) is 0 Å². The third-order valence-electron chi connectivity index (χ3n) is 5.09. The van der Waals surface area contributed by atoms with Gasteiger partial charge in [0.2, 0.25) is 0 Å². The van der Waals surface area contributed by atoms with Gasteiger partial charge in [0.25, 0.3) is 0 Å². The van der Waals surface area contributed by atoms with Gasteiger partial charge in [-0.3, -0.25) is 0 Å². The van der Waals surface area contributed by atoms with Crippen molar-refractivity contribution < 1.29 is 4.39 Å². The van der Waals surface area contributed by atoms with Crippen molar-refractivity contribution in [1.29, 1.82) is 0 Å². The maximum absolute atomic E-state index is 13.2. The first kappa shape index (κ1) is 18.4. The van der Waals surface area contributed by atoms with Crippen molar-refractivity contribution in [1.82, 2.24) is 24.6 Å². The topological polar surface area (TPSA) is 47.7 Å². The molecule has 2 aromatic heterocycles.